The van der Waals surface area contributed by atoms with Crippen molar-refractivity contribution in [3.8, 4) is 17.0 Å². The summed E-state index contributed by atoms with van der Waals surface area (Å²) in [6.45, 7) is 10.0. The molecule has 5 rings (SSSR count). The van der Waals surface area contributed by atoms with Crippen molar-refractivity contribution in [3.63, 3.8) is 0 Å². The number of carbonyl (C=O) groups is 3. The molecular weight excluding hydrogens is 527 g/mol. The van der Waals surface area contributed by atoms with Gasteiger partial charge in [-0.15, -0.1) is 0 Å². The van der Waals surface area contributed by atoms with Gasteiger partial charge in [-0.25, -0.2) is 14.2 Å². The molecule has 2 saturated heterocycles. The maximum atomic E-state index is 14.9. The minimum Gasteiger partial charge on any atom is -0.489 e. The molecule has 0 spiro atoms. The van der Waals surface area contributed by atoms with E-state index in [0.717, 1.165) is 0 Å². The summed E-state index contributed by atoms with van der Waals surface area (Å²) in [6.07, 6.45) is -0.191. The molecule has 1 aromatic carbocycles. The molecule has 208 valence electrons. The normalized spacial score (nSPS) is 20.8. The van der Waals surface area contributed by atoms with E-state index in [-0.39, 0.29) is 84.3 Å². The van der Waals surface area contributed by atoms with Gasteiger partial charge in [0, 0.05) is 37.2 Å². The Labute approximate surface area is 231 Å². The molecular formula is C28H32ClFN4O5. The van der Waals surface area contributed by atoms with E-state index in [1.165, 1.54) is 6.07 Å². The summed E-state index contributed by atoms with van der Waals surface area (Å²) in [5.41, 5.74) is -0.876. The van der Waals surface area contributed by atoms with Crippen molar-refractivity contribution in [3.05, 3.63) is 40.7 Å². The number of Topliss-reactive ketones (excluding diaryl/α,β-unsaturated/α-hetero) is 1. The molecule has 1 aromatic heterocycles. The van der Waals surface area contributed by atoms with E-state index in [0.29, 0.717) is 0 Å². The van der Waals surface area contributed by atoms with Gasteiger partial charge in [0.05, 0.1) is 18.3 Å². The van der Waals surface area contributed by atoms with E-state index in [2.05, 4.69) is 0 Å². The van der Waals surface area contributed by atoms with Crippen molar-refractivity contribution in [1.82, 2.24) is 14.8 Å². The highest BCUT2D eigenvalue weighted by molar-refractivity contribution is 6.35. The molecule has 11 heteroatoms. The molecule has 0 aliphatic carbocycles. The molecule has 0 N–H and O–H groups in total. The zero-order valence-corrected chi connectivity index (χ0v) is 23.5. The fourth-order valence-electron chi connectivity index (χ4n) is 5.35. The molecule has 9 nitrogen and oxygen atoms in total. The predicted molar refractivity (Wildman–Crippen MR) is 144 cm³/mol. The summed E-state index contributed by atoms with van der Waals surface area (Å²) in [5, 5.41) is 0.0133. The quantitative estimate of drug-likeness (QED) is 0.534. The first-order valence-corrected chi connectivity index (χ1v) is 13.3. The monoisotopic (exact) mass is 558 g/mol. The van der Waals surface area contributed by atoms with Crippen LogP contribution in [0.1, 0.15) is 51.4 Å². The van der Waals surface area contributed by atoms with E-state index in [4.69, 9.17) is 26.1 Å². The number of hydrogen-bond donors (Lipinski definition) is 0. The lowest BCUT2D eigenvalue weighted by atomic mass is 10.0. The second-order valence-corrected chi connectivity index (χ2v) is 12.2. The van der Waals surface area contributed by atoms with Gasteiger partial charge in [-0.2, -0.15) is 0 Å². The summed E-state index contributed by atoms with van der Waals surface area (Å²) >= 11 is 6.80. The number of fused-ring (bicyclic) bond motifs is 2. The van der Waals surface area contributed by atoms with Crippen LogP contribution in [0.5, 0.6) is 5.75 Å². The molecule has 3 aliphatic heterocycles. The zero-order valence-electron chi connectivity index (χ0n) is 22.7. The number of hydrogen-bond acceptors (Lipinski definition) is 7. The van der Waals surface area contributed by atoms with Gasteiger partial charge in [-0.1, -0.05) is 23.7 Å². The minimum atomic E-state index is -0.655. The molecule has 0 bridgehead atoms. The molecule has 39 heavy (non-hydrogen) atoms. The van der Waals surface area contributed by atoms with Crippen LogP contribution in [0.3, 0.4) is 0 Å². The van der Waals surface area contributed by atoms with Crippen LogP contribution >= 0.6 is 11.6 Å². The topological polar surface area (TPSA) is 92.3 Å². The van der Waals surface area contributed by atoms with Crippen molar-refractivity contribution in [2.24, 2.45) is 0 Å². The Balaban J connectivity index is 1.60. The second-order valence-electron chi connectivity index (χ2n) is 11.8. The van der Waals surface area contributed by atoms with Crippen LogP contribution in [-0.4, -0.2) is 82.5 Å². The Morgan fingerprint density at radius 1 is 1.21 bits per heavy atom. The van der Waals surface area contributed by atoms with Gasteiger partial charge < -0.3 is 24.2 Å². The summed E-state index contributed by atoms with van der Waals surface area (Å²) in [7, 11) is 0. The van der Waals surface area contributed by atoms with Crippen molar-refractivity contribution in [1.29, 1.82) is 0 Å². The summed E-state index contributed by atoms with van der Waals surface area (Å²) in [5.74, 6) is -0.568. The predicted octanol–water partition coefficient (Wildman–Crippen LogP) is 4.55. The Morgan fingerprint density at radius 3 is 2.56 bits per heavy atom. The first kappa shape index (κ1) is 27.2. The van der Waals surface area contributed by atoms with Gasteiger partial charge in [0.15, 0.2) is 11.5 Å². The Kier molecular flexibility index (Phi) is 6.73. The summed E-state index contributed by atoms with van der Waals surface area (Å²) in [4.78, 5) is 49.1. The molecule has 2 amide bonds. The average Bonchev–Trinajstić information content (AvgIpc) is 3.03. The molecule has 0 radical (unpaired) electrons. The number of ether oxygens (including phenoxy) is 2. The highest BCUT2D eigenvalue weighted by Gasteiger charge is 2.45. The fourth-order valence-corrected chi connectivity index (χ4v) is 5.64. The number of amides is 2. The van der Waals surface area contributed by atoms with E-state index < -0.39 is 29.1 Å². The third-order valence-electron chi connectivity index (χ3n) is 7.18. The molecule has 4 heterocycles. The van der Waals surface area contributed by atoms with Gasteiger partial charge in [0.1, 0.15) is 34.4 Å². The van der Waals surface area contributed by atoms with Crippen LogP contribution in [-0.2, 0) is 9.53 Å². The highest BCUT2D eigenvalue weighted by atomic mass is 35.5. The van der Waals surface area contributed by atoms with Crippen molar-refractivity contribution >= 4 is 35.2 Å². The van der Waals surface area contributed by atoms with Crippen molar-refractivity contribution < 1.29 is 28.2 Å². The van der Waals surface area contributed by atoms with E-state index >= 15 is 0 Å². The number of aromatic nitrogens is 1. The number of halogens is 2. The molecule has 2 fully saturated rings. The SMILES string of the molecule is CC(C)(C)OC(=O)N1CCN2C(=O)c3c(N4CC(=O)CC4(C)C)nc(-c4ccccc4F)c(Cl)c3OC[C@H]2C1. The number of ketones is 1. The second kappa shape index (κ2) is 9.66. The van der Waals surface area contributed by atoms with Gasteiger partial charge in [-0.05, 0) is 46.8 Å². The van der Waals surface area contributed by atoms with Crippen LogP contribution in [0.25, 0.3) is 11.3 Å². The van der Waals surface area contributed by atoms with Gasteiger partial charge in [0.25, 0.3) is 5.91 Å². The highest BCUT2D eigenvalue weighted by Crippen LogP contribution is 2.46. The number of pyridine rings is 1. The molecule has 0 saturated carbocycles. The Bertz CT molecular complexity index is 1360. The minimum absolute atomic E-state index is 0.00350. The van der Waals surface area contributed by atoms with Crippen LogP contribution in [0, 0.1) is 5.82 Å². The van der Waals surface area contributed by atoms with E-state index in [9.17, 15) is 18.8 Å². The molecule has 2 aromatic rings. The van der Waals surface area contributed by atoms with E-state index in [1.54, 1.807) is 53.7 Å². The van der Waals surface area contributed by atoms with Crippen LogP contribution in [0.15, 0.2) is 24.3 Å². The number of rotatable bonds is 2. The Morgan fingerprint density at radius 2 is 1.92 bits per heavy atom. The lowest BCUT2D eigenvalue weighted by Crippen LogP contribution is -2.58. The standard InChI is InChI=1S/C28H32ClFN4O5/c1-27(2,3)39-26(37)32-10-11-33-16(13-32)15-38-23-20(25(33)36)24(34-14-17(35)12-28(34,4)5)31-22(21(23)29)18-8-6-7-9-19(18)30/h6-9,16H,10-15H2,1-5H3/t16-/m1/s1. The van der Waals surface area contributed by atoms with Crippen molar-refractivity contribution in [2.75, 3.05) is 37.7 Å². The lowest BCUT2D eigenvalue weighted by molar-refractivity contribution is -0.116. The Hall–Kier alpha value is -3.40. The number of nitrogens with zero attached hydrogens (tertiary/aromatic N) is 4. The third-order valence-corrected chi connectivity index (χ3v) is 7.54. The zero-order chi connectivity index (χ0) is 28.3. The smallest absolute Gasteiger partial charge is 0.410 e. The molecule has 0 unspecified atom stereocenters. The first-order chi connectivity index (χ1) is 18.3. The maximum absolute atomic E-state index is 14.9. The van der Waals surface area contributed by atoms with E-state index in [1.807, 2.05) is 13.8 Å². The van der Waals surface area contributed by atoms with Gasteiger partial charge in [0.2, 0.25) is 0 Å². The number of benzene rings is 1. The van der Waals surface area contributed by atoms with Crippen molar-refractivity contribution in [2.45, 2.75) is 58.2 Å². The molecule has 1 atom stereocenters. The average molecular weight is 559 g/mol. The lowest BCUT2D eigenvalue weighted by Gasteiger charge is -2.40. The molecule has 3 aliphatic rings. The summed E-state index contributed by atoms with van der Waals surface area (Å²) < 4.78 is 26.6. The van der Waals surface area contributed by atoms with Gasteiger partial charge in [-0.3, -0.25) is 9.59 Å². The number of anilines is 1. The van der Waals surface area contributed by atoms with Crippen LogP contribution in [0.2, 0.25) is 5.02 Å². The third kappa shape index (κ3) is 5.02. The fraction of sp³-hybridized carbons (Fsp3) is 0.500. The van der Waals surface area contributed by atoms with Crippen LogP contribution in [0.4, 0.5) is 15.0 Å². The maximum Gasteiger partial charge on any atom is 0.410 e. The summed E-state index contributed by atoms with van der Waals surface area (Å²) in [6, 6.07) is 5.62. The number of carbonyl (C=O) groups excluding carboxylic acids is 3. The largest absolute Gasteiger partial charge is 0.489 e. The first-order valence-electron chi connectivity index (χ1n) is 13.0. The van der Waals surface area contributed by atoms with Crippen LogP contribution < -0.4 is 9.64 Å². The van der Waals surface area contributed by atoms with Gasteiger partial charge >= 0.3 is 6.09 Å². The number of piperazine rings is 1.